The lowest BCUT2D eigenvalue weighted by Crippen LogP contribution is -2.30. The number of aromatic hydroxyl groups is 1. The van der Waals surface area contributed by atoms with Crippen molar-refractivity contribution in [2.24, 2.45) is 5.41 Å². The molecule has 20 heteroatoms. The average molecular weight is 947 g/mol. The van der Waals surface area contributed by atoms with Gasteiger partial charge < -0.3 is 39.0 Å². The smallest absolute Gasteiger partial charge is 0.294 e. The van der Waals surface area contributed by atoms with Crippen LogP contribution >= 0.6 is 0 Å². The van der Waals surface area contributed by atoms with Gasteiger partial charge in [0.1, 0.15) is 5.75 Å². The van der Waals surface area contributed by atoms with Crippen molar-refractivity contribution in [2.45, 2.75) is 70.1 Å². The summed E-state index contributed by atoms with van der Waals surface area (Å²) >= 11 is 0. The van der Waals surface area contributed by atoms with E-state index in [1.54, 1.807) is 25.3 Å². The molecule has 0 fully saturated rings. The van der Waals surface area contributed by atoms with Gasteiger partial charge in [-0.15, -0.1) is 0 Å². The summed E-state index contributed by atoms with van der Waals surface area (Å²) in [6.45, 7) is 11.6. The Labute approximate surface area is 373 Å². The van der Waals surface area contributed by atoms with Gasteiger partial charge in [0.15, 0.2) is 0 Å². The standard InChI is InChI=1S/C43H66N2O15S3/c1-42(2,3)37(36-16-14-34(32-40(36)47)44(19-11-31-62(51,52)53)21-23-58-26-27-60-29-28-59-25-24-57-5)12-7-6-8-13-41-43(4,18-9-30-61(48,49)50)38-33-35(63(54,55)56)15-17-39(38)45(41)20-10-22-46/h6,8,12-17,32-33,46-47H,7,9-11,18-31H2,1-5H3,(H,48,49,50)(H,51,52,53)(H,54,55,56)/b8-6+,37-12+,41-13+. The predicted molar refractivity (Wildman–Crippen MR) is 243 cm³/mol. The van der Waals surface area contributed by atoms with Crippen LogP contribution in [-0.4, -0.2) is 140 Å². The number of hydrogen-bond donors (Lipinski definition) is 5. The van der Waals surface area contributed by atoms with Gasteiger partial charge in [-0.2, -0.15) is 25.3 Å². The summed E-state index contributed by atoms with van der Waals surface area (Å²) in [7, 11) is -11.4. The number of phenols is 1. The molecule has 0 amide bonds. The molecule has 5 N–H and O–H groups in total. The Kier molecular flexibility index (Phi) is 21.2. The van der Waals surface area contributed by atoms with E-state index in [1.165, 1.54) is 12.1 Å². The number of methoxy groups -OCH3 is 1. The van der Waals surface area contributed by atoms with Gasteiger partial charge in [-0.05, 0) is 92.0 Å². The van der Waals surface area contributed by atoms with Crippen molar-refractivity contribution < 1.29 is 68.1 Å². The zero-order valence-corrected chi connectivity index (χ0v) is 39.4. The van der Waals surface area contributed by atoms with Crippen LogP contribution in [-0.2, 0) is 54.7 Å². The normalized spacial score (nSPS) is 17.0. The molecular formula is C43H66N2O15S3. The van der Waals surface area contributed by atoms with Crippen molar-refractivity contribution in [3.63, 3.8) is 0 Å². The van der Waals surface area contributed by atoms with Crippen LogP contribution in [0.4, 0.5) is 11.4 Å². The van der Waals surface area contributed by atoms with Crippen LogP contribution < -0.4 is 9.80 Å². The second kappa shape index (κ2) is 24.8. The summed E-state index contributed by atoms with van der Waals surface area (Å²) in [6.07, 6.45) is 8.78. The van der Waals surface area contributed by atoms with Crippen LogP contribution in [0, 0.1) is 5.41 Å². The fourth-order valence-electron chi connectivity index (χ4n) is 7.39. The maximum atomic E-state index is 12.1. The molecule has 1 unspecified atom stereocenters. The maximum Gasteiger partial charge on any atom is 0.294 e. The van der Waals surface area contributed by atoms with Gasteiger partial charge in [-0.1, -0.05) is 39.0 Å². The second-order valence-electron chi connectivity index (χ2n) is 16.3. The second-order valence-corrected chi connectivity index (χ2v) is 20.9. The SMILES string of the molecule is COCCOCCOCCOCCN(CCCS(=O)(=O)O)c1ccc(/C(=C\C/C=C/C=C2/N(CCCO)c3ccc(S(=O)(=O)O)cc3C2(C)CCCS(=O)(=O)O)C(C)(C)C)c(O)c1. The molecule has 1 heterocycles. The summed E-state index contributed by atoms with van der Waals surface area (Å²) in [4.78, 5) is 3.50. The van der Waals surface area contributed by atoms with Crippen molar-refractivity contribution in [3.8, 4) is 5.75 Å². The molecule has 0 saturated heterocycles. The van der Waals surface area contributed by atoms with E-state index in [-0.39, 0.29) is 43.1 Å². The zero-order chi connectivity index (χ0) is 46.9. The van der Waals surface area contributed by atoms with Gasteiger partial charge in [0, 0.05) is 67.5 Å². The van der Waals surface area contributed by atoms with Gasteiger partial charge >= 0.3 is 0 Å². The van der Waals surface area contributed by atoms with Gasteiger partial charge in [0.25, 0.3) is 30.4 Å². The number of phenolic OH excluding ortho intramolecular Hbond substituents is 1. The molecule has 0 saturated carbocycles. The molecule has 0 aliphatic carbocycles. The number of nitrogens with zero attached hydrogens (tertiary/aromatic N) is 2. The van der Waals surface area contributed by atoms with Gasteiger partial charge in [-0.3, -0.25) is 13.7 Å². The van der Waals surface area contributed by atoms with E-state index in [1.807, 2.05) is 67.9 Å². The topological polar surface area (TPSA) is 247 Å². The fourth-order valence-corrected chi connectivity index (χ4v) is 8.90. The summed E-state index contributed by atoms with van der Waals surface area (Å²) in [5.74, 6) is -0.922. The summed E-state index contributed by atoms with van der Waals surface area (Å²) in [6, 6.07) is 9.50. The molecule has 1 atom stereocenters. The molecule has 356 valence electrons. The highest BCUT2D eigenvalue weighted by Gasteiger charge is 2.43. The Morgan fingerprint density at radius 1 is 0.810 bits per heavy atom. The lowest BCUT2D eigenvalue weighted by atomic mass is 9.77. The molecule has 63 heavy (non-hydrogen) atoms. The molecule has 0 radical (unpaired) electrons. The Hall–Kier alpha value is -3.41. The van der Waals surface area contributed by atoms with Crippen molar-refractivity contribution in [3.05, 3.63) is 77.5 Å². The molecule has 3 rings (SSSR count). The highest BCUT2D eigenvalue weighted by Crippen LogP contribution is 2.51. The number of fused-ring (bicyclic) bond motifs is 1. The average Bonchev–Trinajstić information content (AvgIpc) is 3.40. The predicted octanol–water partition coefficient (Wildman–Crippen LogP) is 5.51. The molecule has 1 aliphatic heterocycles. The van der Waals surface area contributed by atoms with Crippen LogP contribution in [0.3, 0.4) is 0 Å². The minimum atomic E-state index is -4.56. The minimum Gasteiger partial charge on any atom is -0.507 e. The molecule has 0 spiro atoms. The van der Waals surface area contributed by atoms with Crippen molar-refractivity contribution in [1.29, 1.82) is 0 Å². The lowest BCUT2D eigenvalue weighted by molar-refractivity contribution is 0.00455. The third-order valence-electron chi connectivity index (χ3n) is 10.4. The van der Waals surface area contributed by atoms with Gasteiger partial charge in [0.05, 0.1) is 62.6 Å². The van der Waals surface area contributed by atoms with Crippen molar-refractivity contribution in [1.82, 2.24) is 0 Å². The highest BCUT2D eigenvalue weighted by molar-refractivity contribution is 7.86. The molecule has 1 aliphatic rings. The zero-order valence-electron chi connectivity index (χ0n) is 36.9. The molecule has 2 aromatic rings. The maximum absolute atomic E-state index is 12.1. The molecule has 0 bridgehead atoms. The van der Waals surface area contributed by atoms with Crippen molar-refractivity contribution >= 4 is 47.3 Å². The number of aliphatic hydroxyl groups is 1. The molecule has 0 aromatic heterocycles. The first kappa shape index (κ1) is 53.9. The lowest BCUT2D eigenvalue weighted by Gasteiger charge is -2.30. The van der Waals surface area contributed by atoms with E-state index in [4.69, 9.17) is 18.9 Å². The largest absolute Gasteiger partial charge is 0.507 e. The van der Waals surface area contributed by atoms with Gasteiger partial charge in [0.2, 0.25) is 0 Å². The molecular weight excluding hydrogens is 881 g/mol. The number of allylic oxidation sites excluding steroid dienone is 6. The quantitative estimate of drug-likeness (QED) is 0.0499. The number of ether oxygens (including phenoxy) is 4. The number of aliphatic hydroxyl groups excluding tert-OH is 1. The highest BCUT2D eigenvalue weighted by atomic mass is 32.2. The first-order valence-electron chi connectivity index (χ1n) is 20.8. The first-order valence-corrected chi connectivity index (χ1v) is 25.5. The Bertz CT molecular complexity index is 2200. The van der Waals surface area contributed by atoms with Crippen molar-refractivity contribution in [2.75, 3.05) is 101 Å². The van der Waals surface area contributed by atoms with E-state index >= 15 is 0 Å². The Morgan fingerprint density at radius 3 is 2.00 bits per heavy atom. The van der Waals surface area contributed by atoms with Crippen LogP contribution in [0.5, 0.6) is 5.75 Å². The van der Waals surface area contributed by atoms with E-state index < -0.39 is 52.7 Å². The van der Waals surface area contributed by atoms with Crippen LogP contribution in [0.15, 0.2) is 71.3 Å². The Morgan fingerprint density at radius 2 is 1.43 bits per heavy atom. The number of benzene rings is 2. The van der Waals surface area contributed by atoms with Crippen LogP contribution in [0.1, 0.15) is 70.9 Å². The van der Waals surface area contributed by atoms with E-state index in [9.17, 15) is 49.1 Å². The summed E-state index contributed by atoms with van der Waals surface area (Å²) < 4.78 is 121. The van der Waals surface area contributed by atoms with E-state index in [2.05, 4.69) is 0 Å². The molecule has 2 aromatic carbocycles. The Balaban J connectivity index is 1.86. The van der Waals surface area contributed by atoms with Crippen LogP contribution in [0.2, 0.25) is 0 Å². The first-order chi connectivity index (χ1) is 29.5. The third-order valence-corrected chi connectivity index (χ3v) is 12.9. The molecule has 17 nitrogen and oxygen atoms in total. The monoisotopic (exact) mass is 946 g/mol. The summed E-state index contributed by atoms with van der Waals surface area (Å²) in [5.41, 5.74) is 2.61. The fraction of sp³-hybridized carbons (Fsp3) is 0.581. The van der Waals surface area contributed by atoms with Crippen LogP contribution in [0.25, 0.3) is 5.57 Å². The number of hydrogen-bond acceptors (Lipinski definition) is 14. The number of anilines is 2. The summed E-state index contributed by atoms with van der Waals surface area (Å²) in [5, 5.41) is 21.2. The minimum absolute atomic E-state index is 0.00903. The van der Waals surface area contributed by atoms with E-state index in [0.717, 1.165) is 5.57 Å². The third kappa shape index (κ3) is 17.8. The van der Waals surface area contributed by atoms with E-state index in [0.29, 0.717) is 100 Å². The number of rotatable bonds is 29. The van der Waals surface area contributed by atoms with Gasteiger partial charge in [-0.25, -0.2) is 0 Å².